The topological polar surface area (TPSA) is 157 Å². The Morgan fingerprint density at radius 1 is 0.889 bits per heavy atom. The van der Waals surface area contributed by atoms with Gasteiger partial charge in [-0.25, -0.2) is 4.79 Å². The van der Waals surface area contributed by atoms with Crippen molar-refractivity contribution in [3.8, 4) is 11.8 Å². The highest BCUT2D eigenvalue weighted by molar-refractivity contribution is 6.13. The Morgan fingerprint density at radius 2 is 1.44 bits per heavy atom. The summed E-state index contributed by atoms with van der Waals surface area (Å²) in [5.41, 5.74) is -1.15. The molecule has 0 atom stereocenters. The van der Waals surface area contributed by atoms with Crippen molar-refractivity contribution in [2.45, 2.75) is 64.6 Å². The largest absolute Gasteiger partial charge is 0.492 e. The fourth-order valence-corrected chi connectivity index (χ4v) is 3.23. The molecular weight excluding hydrogens is 474 g/mol. The first-order chi connectivity index (χ1) is 16.8. The first kappa shape index (κ1) is 28.9. The highest BCUT2D eigenvalue weighted by Crippen LogP contribution is 2.22. The van der Waals surface area contributed by atoms with Gasteiger partial charge in [0.2, 0.25) is 17.7 Å². The van der Waals surface area contributed by atoms with E-state index in [1.54, 1.807) is 0 Å². The third-order valence-corrected chi connectivity index (χ3v) is 5.50. The van der Waals surface area contributed by atoms with Crippen LogP contribution in [0.4, 0.5) is 0 Å². The molecule has 0 saturated carbocycles. The van der Waals surface area contributed by atoms with Crippen molar-refractivity contribution in [2.24, 2.45) is 0 Å². The molecule has 2 heterocycles. The highest BCUT2D eigenvalue weighted by atomic mass is 16.7. The van der Waals surface area contributed by atoms with E-state index in [-0.39, 0.29) is 50.2 Å². The first-order valence-corrected chi connectivity index (χ1v) is 11.7. The fraction of sp³-hybridized carbons (Fsp3) is 0.583. The Bertz CT molecular complexity index is 944. The van der Waals surface area contributed by atoms with Gasteiger partial charge in [0.05, 0.1) is 30.8 Å². The lowest BCUT2D eigenvalue weighted by atomic mass is 10.0. The van der Waals surface area contributed by atoms with Crippen molar-refractivity contribution >= 4 is 23.7 Å². The second-order valence-corrected chi connectivity index (χ2v) is 9.54. The van der Waals surface area contributed by atoms with Crippen molar-refractivity contribution in [3.63, 3.8) is 0 Å². The Morgan fingerprint density at radius 3 is 2.06 bits per heavy atom. The minimum Gasteiger partial charge on any atom is -0.492 e. The van der Waals surface area contributed by atoms with Crippen LogP contribution in [0.25, 0.3) is 0 Å². The summed E-state index contributed by atoms with van der Waals surface area (Å²) in [6.07, 6.45) is 3.31. The van der Waals surface area contributed by atoms with E-state index in [1.165, 1.54) is 24.3 Å². The summed E-state index contributed by atoms with van der Waals surface area (Å²) in [4.78, 5) is 52.9. The number of rotatable bonds is 15. The number of nitrogens with zero attached hydrogens (tertiary/aromatic N) is 2. The predicted molar refractivity (Wildman–Crippen MR) is 127 cm³/mol. The molecule has 0 fully saturated rings. The monoisotopic (exact) mass is 509 g/mol. The third-order valence-electron chi connectivity index (χ3n) is 5.50. The van der Waals surface area contributed by atoms with Gasteiger partial charge in [0, 0.05) is 43.8 Å². The molecule has 0 aromatic carbocycles. The van der Waals surface area contributed by atoms with Crippen LogP contribution in [-0.4, -0.2) is 81.0 Å². The van der Waals surface area contributed by atoms with E-state index in [9.17, 15) is 29.4 Å². The van der Waals surface area contributed by atoms with E-state index in [0.717, 1.165) is 4.90 Å². The number of aromatic nitrogens is 1. The quantitative estimate of drug-likeness (QED) is 0.232. The van der Waals surface area contributed by atoms with E-state index in [2.05, 4.69) is 5.32 Å². The minimum atomic E-state index is -0.630. The zero-order valence-corrected chi connectivity index (χ0v) is 21.1. The van der Waals surface area contributed by atoms with Crippen LogP contribution in [0.3, 0.4) is 0 Å². The minimum absolute atomic E-state index is 0.0141. The summed E-state index contributed by atoms with van der Waals surface area (Å²) in [5.74, 6) is -2.51. The molecule has 0 unspecified atom stereocenters. The van der Waals surface area contributed by atoms with Gasteiger partial charge in [0.15, 0.2) is 0 Å². The number of carbonyl (C=O) groups excluding carboxylic acids is 4. The normalized spacial score (nSPS) is 13.9. The van der Waals surface area contributed by atoms with Crippen LogP contribution in [-0.2, 0) is 28.7 Å². The summed E-state index contributed by atoms with van der Waals surface area (Å²) in [6.45, 7) is 8.44. The van der Waals surface area contributed by atoms with Crippen molar-refractivity contribution < 1.29 is 43.7 Å². The van der Waals surface area contributed by atoms with Crippen LogP contribution in [0.15, 0.2) is 24.3 Å². The molecule has 1 aromatic heterocycles. The average Bonchev–Trinajstić information content (AvgIpc) is 3.28. The number of carbonyl (C=O) groups is 4. The number of hydrogen-bond acceptors (Lipinski definition) is 9. The molecule has 0 aliphatic carbocycles. The fourth-order valence-electron chi connectivity index (χ4n) is 3.23. The van der Waals surface area contributed by atoms with Crippen LogP contribution in [0.5, 0.6) is 11.8 Å². The summed E-state index contributed by atoms with van der Waals surface area (Å²) < 4.78 is 12.4. The van der Waals surface area contributed by atoms with Gasteiger partial charge in [0.1, 0.15) is 0 Å². The zero-order chi connectivity index (χ0) is 26.9. The van der Waals surface area contributed by atoms with E-state index < -0.39 is 29.0 Å². The lowest BCUT2D eigenvalue weighted by Gasteiger charge is -2.29. The van der Waals surface area contributed by atoms with E-state index in [4.69, 9.17) is 14.3 Å². The Labute approximate surface area is 209 Å². The van der Waals surface area contributed by atoms with Crippen LogP contribution in [0.2, 0.25) is 0 Å². The molecule has 12 nitrogen and oxygen atoms in total. The number of aromatic hydroxyl groups is 2. The standard InChI is InChI=1S/C24H35N3O9/c1-23(2,11-9-22(33)36-27-20(31)7-8-21(27)32)34-15-12-24(3,4)35-16-13-25-17(28)10-14-26-18(29)5-6-19(26)30/h5-8,31-32H,9-16H2,1-4H3,(H,25,28). The van der Waals surface area contributed by atoms with Crippen molar-refractivity contribution in [1.29, 1.82) is 0 Å². The lowest BCUT2D eigenvalue weighted by Crippen LogP contribution is -2.37. The summed E-state index contributed by atoms with van der Waals surface area (Å²) in [7, 11) is 0. The van der Waals surface area contributed by atoms with Crippen LogP contribution in [0, 0.1) is 0 Å². The van der Waals surface area contributed by atoms with Crippen molar-refractivity contribution in [2.75, 3.05) is 26.3 Å². The Kier molecular flexibility index (Phi) is 10.1. The maximum absolute atomic E-state index is 12.0. The van der Waals surface area contributed by atoms with Gasteiger partial charge in [-0.15, -0.1) is 4.73 Å². The summed E-state index contributed by atoms with van der Waals surface area (Å²) in [5, 5.41) is 21.8. The van der Waals surface area contributed by atoms with Gasteiger partial charge in [-0.2, -0.15) is 0 Å². The third kappa shape index (κ3) is 9.34. The summed E-state index contributed by atoms with van der Waals surface area (Å²) in [6, 6.07) is 2.40. The van der Waals surface area contributed by atoms with Gasteiger partial charge in [-0.1, -0.05) is 0 Å². The number of amides is 3. The molecule has 3 N–H and O–H groups in total. The molecule has 1 aliphatic heterocycles. The van der Waals surface area contributed by atoms with Gasteiger partial charge in [-0.05, 0) is 40.5 Å². The van der Waals surface area contributed by atoms with Gasteiger partial charge >= 0.3 is 5.97 Å². The molecule has 1 aromatic rings. The SMILES string of the molecule is CC(C)(CCOC(C)(C)CCC(=O)On1c(O)ccc1O)OCCNC(=O)CCN1C(=O)C=CC1=O. The molecule has 1 aliphatic rings. The average molecular weight is 510 g/mol. The number of ether oxygens (including phenoxy) is 2. The number of nitrogens with one attached hydrogen (secondary N) is 1. The van der Waals surface area contributed by atoms with Crippen molar-refractivity contribution in [3.05, 3.63) is 24.3 Å². The molecule has 0 saturated heterocycles. The Hall–Kier alpha value is -3.38. The maximum Gasteiger partial charge on any atom is 0.333 e. The van der Waals surface area contributed by atoms with Crippen LogP contribution < -0.4 is 10.2 Å². The van der Waals surface area contributed by atoms with Crippen LogP contribution >= 0.6 is 0 Å². The van der Waals surface area contributed by atoms with Crippen LogP contribution in [0.1, 0.15) is 53.4 Å². The van der Waals surface area contributed by atoms with Gasteiger partial charge in [-0.3, -0.25) is 19.3 Å². The first-order valence-electron chi connectivity index (χ1n) is 11.7. The second-order valence-electron chi connectivity index (χ2n) is 9.54. The predicted octanol–water partition coefficient (Wildman–Crippen LogP) is 1.05. The Balaban J connectivity index is 1.59. The van der Waals surface area contributed by atoms with Crippen molar-refractivity contribution in [1.82, 2.24) is 14.9 Å². The van der Waals surface area contributed by atoms with E-state index in [0.29, 0.717) is 24.2 Å². The van der Waals surface area contributed by atoms with Gasteiger partial charge < -0.3 is 29.8 Å². The number of hydrogen-bond donors (Lipinski definition) is 3. The molecule has 36 heavy (non-hydrogen) atoms. The zero-order valence-electron chi connectivity index (χ0n) is 21.1. The lowest BCUT2D eigenvalue weighted by molar-refractivity contribution is -0.147. The molecule has 0 radical (unpaired) electrons. The molecule has 12 heteroatoms. The molecule has 200 valence electrons. The van der Waals surface area contributed by atoms with E-state index in [1.807, 2.05) is 27.7 Å². The molecular formula is C24H35N3O9. The van der Waals surface area contributed by atoms with E-state index >= 15 is 0 Å². The molecule has 3 amide bonds. The molecule has 0 spiro atoms. The smallest absolute Gasteiger partial charge is 0.333 e. The second kappa shape index (κ2) is 12.5. The molecule has 2 rings (SSSR count). The highest BCUT2D eigenvalue weighted by Gasteiger charge is 2.25. The summed E-state index contributed by atoms with van der Waals surface area (Å²) >= 11 is 0. The van der Waals surface area contributed by atoms with Gasteiger partial charge in [0.25, 0.3) is 11.8 Å². The maximum atomic E-state index is 12.0. The molecule has 0 bridgehead atoms. The number of imide groups is 1.